The average Bonchev–Trinajstić information content (AvgIpc) is 3.75. The van der Waals surface area contributed by atoms with Gasteiger partial charge in [-0.25, -0.2) is 0 Å². The van der Waals surface area contributed by atoms with E-state index < -0.39 is 73.3 Å². The molecule has 0 amide bonds. The molecule has 69 heavy (non-hydrogen) atoms. The van der Waals surface area contributed by atoms with Gasteiger partial charge in [0.05, 0.1) is 44.8 Å². The van der Waals surface area contributed by atoms with E-state index in [1.54, 1.807) is 0 Å². The SMILES string of the molecule is CC(C)(C)c1cc(C#CB2OC(C)(C)C(C)(C)O2)c2ccc(Cc3cc(C#CB4OC(C)(C)C(C)(C)O4)c4ccccc4c3C#CB3OC(C)(C)C(C)(C)O3)cc2c1C#CB1OC(C)(C)C(C)(C)O1. The Morgan fingerprint density at radius 1 is 0.391 bits per heavy atom. The third kappa shape index (κ3) is 9.71. The maximum Gasteiger partial charge on any atom is 0.551 e. The summed E-state index contributed by atoms with van der Waals surface area (Å²) >= 11 is 0. The predicted molar refractivity (Wildman–Crippen MR) is 281 cm³/mol. The molecule has 0 N–H and O–H groups in total. The molecule has 0 aliphatic carbocycles. The normalized spacial score (nSPS) is 22.1. The molecule has 4 saturated heterocycles. The Morgan fingerprint density at radius 3 is 1.14 bits per heavy atom. The lowest BCUT2D eigenvalue weighted by Crippen LogP contribution is -2.41. The monoisotopic (exact) mass is 925 g/mol. The largest absolute Gasteiger partial charge is 0.551 e. The fraction of sp³-hybridized carbons (Fsp3) is 0.509. The van der Waals surface area contributed by atoms with Crippen LogP contribution in [0.2, 0.25) is 0 Å². The van der Waals surface area contributed by atoms with Crippen molar-refractivity contribution in [3.8, 4) is 47.0 Å². The lowest BCUT2D eigenvalue weighted by atomic mass is 9.79. The van der Waals surface area contributed by atoms with Crippen LogP contribution in [0.15, 0.2) is 54.6 Å². The second-order valence-corrected chi connectivity index (χ2v) is 24.1. The Labute approximate surface area is 414 Å². The Bertz CT molecular complexity index is 2940. The molecular weight excluding hydrogens is 856 g/mol. The summed E-state index contributed by atoms with van der Waals surface area (Å²) in [6.07, 6.45) is 0.526. The summed E-state index contributed by atoms with van der Waals surface area (Å²) in [5.74, 6) is 27.5. The van der Waals surface area contributed by atoms with Gasteiger partial charge in [-0.15, -0.1) is 0 Å². The number of fused-ring (bicyclic) bond motifs is 2. The van der Waals surface area contributed by atoms with Gasteiger partial charge in [0, 0.05) is 22.3 Å². The molecule has 4 aliphatic heterocycles. The van der Waals surface area contributed by atoms with Crippen LogP contribution >= 0.6 is 0 Å². The molecule has 0 aromatic heterocycles. The quantitative estimate of drug-likeness (QED) is 0.145. The van der Waals surface area contributed by atoms with Gasteiger partial charge >= 0.3 is 28.5 Å². The van der Waals surface area contributed by atoms with Gasteiger partial charge < -0.3 is 37.2 Å². The van der Waals surface area contributed by atoms with Crippen LogP contribution in [-0.4, -0.2) is 73.3 Å². The topological polar surface area (TPSA) is 73.8 Å². The molecule has 0 atom stereocenters. The molecular formula is C57H68B4O8. The van der Waals surface area contributed by atoms with Crippen LogP contribution in [0.25, 0.3) is 21.5 Å². The fourth-order valence-corrected chi connectivity index (χ4v) is 8.60. The highest BCUT2D eigenvalue weighted by Crippen LogP contribution is 2.41. The van der Waals surface area contributed by atoms with Gasteiger partial charge in [-0.2, -0.15) is 0 Å². The summed E-state index contributed by atoms with van der Waals surface area (Å²) in [5.41, 5.74) is 2.08. The van der Waals surface area contributed by atoms with Crippen molar-refractivity contribution in [1.29, 1.82) is 0 Å². The first-order valence-corrected chi connectivity index (χ1v) is 24.4. The van der Waals surface area contributed by atoms with Crippen molar-refractivity contribution in [1.82, 2.24) is 0 Å². The van der Waals surface area contributed by atoms with Crippen LogP contribution < -0.4 is 0 Å². The lowest BCUT2D eigenvalue weighted by Gasteiger charge is -2.32. The minimum absolute atomic E-state index is 0.315. The molecule has 4 aliphatic rings. The predicted octanol–water partition coefficient (Wildman–Crippen LogP) is 10.8. The summed E-state index contributed by atoms with van der Waals surface area (Å²) in [6.45, 7) is 39.2. The molecule has 4 aromatic rings. The standard InChI is InChI=1S/C57H68B4O8/c1-49(2,3)48-37-40(27-31-59-64-52(8,9)53(10,11)65-59)43-25-24-38(35-47(43)46(48)29-33-61-68-56(16,17)57(18,19)69-61)34-41-36-39(26-30-58-62-50(4,5)51(6,7)63-58)42-22-20-21-23-45(42)44(41)28-32-60-66-54(12,13)55(14,15)67-60/h20-25,35-37H,34H2,1-19H3. The molecule has 8 nitrogen and oxygen atoms in total. The zero-order chi connectivity index (χ0) is 50.5. The van der Waals surface area contributed by atoms with Gasteiger partial charge in [0.1, 0.15) is 0 Å². The van der Waals surface area contributed by atoms with Gasteiger partial charge in [-0.05, 0) is 179 Å². The molecule has 0 spiro atoms. The van der Waals surface area contributed by atoms with Gasteiger partial charge in [0.25, 0.3) is 0 Å². The Balaban J connectivity index is 1.31. The highest BCUT2D eigenvalue weighted by atomic mass is 16.7. The van der Waals surface area contributed by atoms with E-state index in [1.807, 2.05) is 123 Å². The number of benzene rings is 4. The van der Waals surface area contributed by atoms with E-state index in [-0.39, 0.29) is 5.41 Å². The van der Waals surface area contributed by atoms with Crippen LogP contribution in [0.5, 0.6) is 0 Å². The molecule has 12 heteroatoms. The van der Waals surface area contributed by atoms with E-state index in [1.165, 1.54) is 0 Å². The zero-order valence-corrected chi connectivity index (χ0v) is 44.5. The van der Waals surface area contributed by atoms with Crippen molar-refractivity contribution in [2.75, 3.05) is 0 Å². The Morgan fingerprint density at radius 2 is 0.739 bits per heavy atom. The fourth-order valence-electron chi connectivity index (χ4n) is 8.60. The van der Waals surface area contributed by atoms with Crippen molar-refractivity contribution in [2.45, 2.75) is 188 Å². The van der Waals surface area contributed by atoms with Crippen molar-refractivity contribution in [3.05, 3.63) is 93.5 Å². The van der Waals surface area contributed by atoms with Crippen LogP contribution in [0.3, 0.4) is 0 Å². The minimum Gasteiger partial charge on any atom is -0.392 e. The van der Waals surface area contributed by atoms with Crippen LogP contribution in [0, 0.1) is 47.0 Å². The van der Waals surface area contributed by atoms with Crippen molar-refractivity contribution in [3.63, 3.8) is 0 Å². The molecule has 8 rings (SSSR count). The highest BCUT2D eigenvalue weighted by molar-refractivity contribution is 6.56. The molecule has 4 fully saturated rings. The Hall–Kier alpha value is -4.42. The van der Waals surface area contributed by atoms with E-state index in [2.05, 4.69) is 110 Å². The first-order valence-electron chi connectivity index (χ1n) is 24.4. The van der Waals surface area contributed by atoms with Gasteiger partial charge in [0.2, 0.25) is 0 Å². The molecule has 0 saturated carbocycles. The molecule has 0 radical (unpaired) electrons. The summed E-state index contributed by atoms with van der Waals surface area (Å²) < 4.78 is 50.8. The van der Waals surface area contributed by atoms with Gasteiger partial charge in [0.15, 0.2) is 0 Å². The van der Waals surface area contributed by atoms with Gasteiger partial charge in [-0.3, -0.25) is 0 Å². The number of hydrogen-bond acceptors (Lipinski definition) is 8. The van der Waals surface area contributed by atoms with Crippen molar-refractivity contribution >= 4 is 50.0 Å². The minimum atomic E-state index is -0.706. The van der Waals surface area contributed by atoms with E-state index in [0.29, 0.717) is 6.42 Å². The number of hydrogen-bond donors (Lipinski definition) is 0. The maximum absolute atomic E-state index is 6.39. The van der Waals surface area contributed by atoms with Crippen molar-refractivity contribution < 1.29 is 37.2 Å². The molecule has 0 unspecified atom stereocenters. The van der Waals surface area contributed by atoms with E-state index in [4.69, 9.17) is 37.2 Å². The molecule has 356 valence electrons. The maximum atomic E-state index is 6.39. The summed E-state index contributed by atoms with van der Waals surface area (Å²) in [5, 5.41) is 3.88. The second kappa shape index (κ2) is 17.1. The van der Waals surface area contributed by atoms with Crippen LogP contribution in [0.4, 0.5) is 0 Å². The van der Waals surface area contributed by atoms with Gasteiger partial charge in [-0.1, -0.05) is 104 Å². The van der Waals surface area contributed by atoms with Crippen molar-refractivity contribution in [2.24, 2.45) is 0 Å². The summed E-state index contributed by atoms with van der Waals surface area (Å²) in [7, 11) is -2.78. The zero-order valence-electron chi connectivity index (χ0n) is 44.5. The van der Waals surface area contributed by atoms with Crippen LogP contribution in [0.1, 0.15) is 170 Å². The second-order valence-electron chi connectivity index (χ2n) is 24.1. The average molecular weight is 924 g/mol. The summed E-state index contributed by atoms with van der Waals surface area (Å²) in [6, 6.07) is 19.2. The molecule has 0 bridgehead atoms. The van der Waals surface area contributed by atoms with E-state index >= 15 is 0 Å². The lowest BCUT2D eigenvalue weighted by molar-refractivity contribution is 0.00578. The molecule has 4 aromatic carbocycles. The summed E-state index contributed by atoms with van der Waals surface area (Å²) in [4.78, 5) is 0. The third-order valence-corrected chi connectivity index (χ3v) is 15.8. The van der Waals surface area contributed by atoms with Crippen LogP contribution in [-0.2, 0) is 49.1 Å². The first-order chi connectivity index (χ1) is 31.7. The third-order valence-electron chi connectivity index (χ3n) is 15.8. The number of rotatable bonds is 2. The smallest absolute Gasteiger partial charge is 0.392 e. The first kappa shape index (κ1) is 51.0. The highest BCUT2D eigenvalue weighted by Gasteiger charge is 2.53. The molecule has 4 heterocycles. The van der Waals surface area contributed by atoms with E-state index in [0.717, 1.165) is 60.5 Å². The Kier molecular flexibility index (Phi) is 12.6. The van der Waals surface area contributed by atoms with E-state index in [9.17, 15) is 0 Å².